The maximum atomic E-state index is 5.40. The first-order chi connectivity index (χ1) is 19.8. The van der Waals surface area contributed by atoms with Crippen LogP contribution in [0.5, 0.6) is 0 Å². The number of aromatic nitrogens is 2. The average molecular weight is 531 g/mol. The zero-order valence-electron chi connectivity index (χ0n) is 23.1. The molecule has 2 aliphatic rings. The van der Waals surface area contributed by atoms with Crippen LogP contribution in [0.25, 0.3) is 21.8 Å². The van der Waals surface area contributed by atoms with Crippen LogP contribution in [-0.4, -0.2) is 61.5 Å². The van der Waals surface area contributed by atoms with Gasteiger partial charge in [-0.1, -0.05) is 48.4 Å². The lowest BCUT2D eigenvalue weighted by molar-refractivity contribution is 0.590. The van der Waals surface area contributed by atoms with Crippen molar-refractivity contribution < 1.29 is 0 Å². The molecule has 5 aromatic rings. The van der Waals surface area contributed by atoms with Crippen molar-refractivity contribution in [3.05, 3.63) is 96.8 Å². The fourth-order valence-electron chi connectivity index (χ4n) is 5.93. The van der Waals surface area contributed by atoms with E-state index >= 15 is 0 Å². The molecule has 40 heavy (non-hydrogen) atoms. The highest BCUT2D eigenvalue weighted by atomic mass is 15.2. The Labute approximate surface area is 237 Å². The highest BCUT2D eigenvalue weighted by Crippen LogP contribution is 2.29. The molecular formula is C34H38N6. The van der Waals surface area contributed by atoms with Crippen LogP contribution >= 0.6 is 0 Å². The SMILES string of the molecule is C#CCn1ccc2c(N3CCNCC3)cccc21.c1ccc(Cn2ccc3c(N4CCNCC4)cccc32)cc1. The van der Waals surface area contributed by atoms with E-state index in [1.165, 1.54) is 38.7 Å². The summed E-state index contributed by atoms with van der Waals surface area (Å²) in [5.41, 5.74) is 6.58. The molecule has 2 saturated heterocycles. The minimum atomic E-state index is 0.633. The maximum absolute atomic E-state index is 5.40. The van der Waals surface area contributed by atoms with Gasteiger partial charge in [0.05, 0.1) is 17.6 Å². The molecule has 2 fully saturated rings. The van der Waals surface area contributed by atoms with E-state index < -0.39 is 0 Å². The Balaban J connectivity index is 0.000000148. The van der Waals surface area contributed by atoms with Gasteiger partial charge in [0.1, 0.15) is 0 Å². The third-order valence-corrected chi connectivity index (χ3v) is 7.95. The Hall–Kier alpha value is -4.18. The van der Waals surface area contributed by atoms with E-state index in [0.29, 0.717) is 6.54 Å². The lowest BCUT2D eigenvalue weighted by Crippen LogP contribution is -2.43. The Morgan fingerprint density at radius 3 is 1.68 bits per heavy atom. The topological polar surface area (TPSA) is 40.4 Å². The van der Waals surface area contributed by atoms with Gasteiger partial charge in [-0.15, -0.1) is 6.42 Å². The molecule has 2 aromatic heterocycles. The fourth-order valence-corrected chi connectivity index (χ4v) is 5.93. The normalized spacial score (nSPS) is 15.6. The summed E-state index contributed by atoms with van der Waals surface area (Å²) in [4.78, 5) is 4.94. The third-order valence-electron chi connectivity index (χ3n) is 7.95. The van der Waals surface area contributed by atoms with Crippen LogP contribution in [0.1, 0.15) is 5.56 Å². The van der Waals surface area contributed by atoms with E-state index in [1.54, 1.807) is 0 Å². The van der Waals surface area contributed by atoms with E-state index in [0.717, 1.165) is 58.9 Å². The van der Waals surface area contributed by atoms with Crippen molar-refractivity contribution in [1.82, 2.24) is 19.8 Å². The summed E-state index contributed by atoms with van der Waals surface area (Å²) in [6, 6.07) is 28.2. The number of benzene rings is 3. The van der Waals surface area contributed by atoms with Crippen molar-refractivity contribution in [3.8, 4) is 12.3 Å². The van der Waals surface area contributed by atoms with Gasteiger partial charge in [0.25, 0.3) is 0 Å². The molecule has 0 saturated carbocycles. The molecule has 4 heterocycles. The van der Waals surface area contributed by atoms with Crippen LogP contribution in [0.4, 0.5) is 11.4 Å². The molecule has 0 atom stereocenters. The number of anilines is 2. The predicted octanol–water partition coefficient (Wildman–Crippen LogP) is 4.78. The Bertz CT molecular complexity index is 1580. The van der Waals surface area contributed by atoms with E-state index in [1.807, 2.05) is 0 Å². The summed E-state index contributed by atoms with van der Waals surface area (Å²) in [6.07, 6.45) is 9.69. The van der Waals surface area contributed by atoms with E-state index in [2.05, 4.69) is 127 Å². The third kappa shape index (κ3) is 5.58. The summed E-state index contributed by atoms with van der Waals surface area (Å²) < 4.78 is 4.47. The first-order valence-corrected chi connectivity index (χ1v) is 14.4. The van der Waals surface area contributed by atoms with Gasteiger partial charge in [-0.3, -0.25) is 0 Å². The largest absolute Gasteiger partial charge is 0.368 e. The standard InChI is InChI=1S/C19H21N3.C15H17N3/c1-2-5-16(6-3-1)15-22-12-9-17-18(7-4-8-19(17)22)21-13-10-20-11-14-21;1-2-9-17-10-6-13-14(17)4-3-5-15(13)18-11-7-16-8-12-18/h1-9,12,20H,10-11,13-15H2;1,3-6,10,16H,7-9,11-12H2. The molecule has 0 unspecified atom stereocenters. The molecule has 0 aliphatic carbocycles. The van der Waals surface area contributed by atoms with Crippen LogP contribution in [0.3, 0.4) is 0 Å². The van der Waals surface area contributed by atoms with Gasteiger partial charge in [-0.2, -0.15) is 0 Å². The average Bonchev–Trinajstić information content (AvgIpc) is 3.63. The van der Waals surface area contributed by atoms with Crippen LogP contribution in [0.15, 0.2) is 91.3 Å². The minimum Gasteiger partial charge on any atom is -0.368 e. The fraction of sp³-hybridized carbons (Fsp3) is 0.294. The number of nitrogens with zero attached hydrogens (tertiary/aromatic N) is 4. The highest BCUT2D eigenvalue weighted by Gasteiger charge is 2.15. The van der Waals surface area contributed by atoms with Crippen molar-refractivity contribution in [1.29, 1.82) is 0 Å². The van der Waals surface area contributed by atoms with E-state index in [4.69, 9.17) is 6.42 Å². The summed E-state index contributed by atoms with van der Waals surface area (Å²) in [7, 11) is 0. The van der Waals surface area contributed by atoms with Crippen molar-refractivity contribution in [2.45, 2.75) is 13.1 Å². The summed E-state index contributed by atoms with van der Waals surface area (Å²) >= 11 is 0. The number of terminal acetylenes is 1. The lowest BCUT2D eigenvalue weighted by atomic mass is 10.1. The van der Waals surface area contributed by atoms with Gasteiger partial charge < -0.3 is 29.6 Å². The maximum Gasteiger partial charge on any atom is 0.0834 e. The monoisotopic (exact) mass is 530 g/mol. The predicted molar refractivity (Wildman–Crippen MR) is 168 cm³/mol. The van der Waals surface area contributed by atoms with E-state index in [9.17, 15) is 0 Å². The van der Waals surface area contributed by atoms with Crippen molar-refractivity contribution in [2.75, 3.05) is 62.2 Å². The highest BCUT2D eigenvalue weighted by molar-refractivity contribution is 5.94. The molecule has 2 N–H and O–H groups in total. The molecule has 2 aliphatic heterocycles. The Morgan fingerprint density at radius 2 is 1.12 bits per heavy atom. The minimum absolute atomic E-state index is 0.633. The van der Waals surface area contributed by atoms with Crippen LogP contribution in [0, 0.1) is 12.3 Å². The first kappa shape index (κ1) is 26.1. The van der Waals surface area contributed by atoms with E-state index in [-0.39, 0.29) is 0 Å². The van der Waals surface area contributed by atoms with Crippen LogP contribution < -0.4 is 20.4 Å². The van der Waals surface area contributed by atoms with Gasteiger partial charge in [-0.05, 0) is 42.0 Å². The van der Waals surface area contributed by atoms with Gasteiger partial charge in [0, 0.05) is 93.4 Å². The number of fused-ring (bicyclic) bond motifs is 2. The van der Waals surface area contributed by atoms with Crippen molar-refractivity contribution in [3.63, 3.8) is 0 Å². The Morgan fingerprint density at radius 1 is 0.600 bits per heavy atom. The number of hydrogen-bond donors (Lipinski definition) is 2. The summed E-state index contributed by atoms with van der Waals surface area (Å²) in [5.74, 6) is 2.70. The molecule has 6 nitrogen and oxygen atoms in total. The molecule has 0 spiro atoms. The summed E-state index contributed by atoms with van der Waals surface area (Å²) in [5, 5.41) is 9.47. The Kier molecular flexibility index (Phi) is 8.04. The molecule has 204 valence electrons. The molecule has 6 heteroatoms. The van der Waals surface area contributed by atoms with Gasteiger partial charge >= 0.3 is 0 Å². The number of piperazine rings is 2. The second kappa shape index (κ2) is 12.3. The number of nitrogens with one attached hydrogen (secondary N) is 2. The van der Waals surface area contributed by atoms with Crippen LogP contribution in [-0.2, 0) is 13.1 Å². The quantitative estimate of drug-likeness (QED) is 0.321. The second-order valence-corrected chi connectivity index (χ2v) is 10.5. The molecule has 7 rings (SSSR count). The first-order valence-electron chi connectivity index (χ1n) is 14.4. The second-order valence-electron chi connectivity index (χ2n) is 10.5. The van der Waals surface area contributed by atoms with Gasteiger partial charge in [-0.25, -0.2) is 0 Å². The number of rotatable bonds is 5. The molecular weight excluding hydrogens is 492 g/mol. The zero-order chi connectivity index (χ0) is 27.1. The molecule has 0 bridgehead atoms. The van der Waals surface area contributed by atoms with Crippen molar-refractivity contribution in [2.24, 2.45) is 0 Å². The summed E-state index contributed by atoms with van der Waals surface area (Å²) in [6.45, 7) is 10.1. The molecule has 0 radical (unpaired) electrons. The van der Waals surface area contributed by atoms with Gasteiger partial charge in [0.2, 0.25) is 0 Å². The smallest absolute Gasteiger partial charge is 0.0834 e. The van der Waals surface area contributed by atoms with Gasteiger partial charge in [0.15, 0.2) is 0 Å². The zero-order valence-corrected chi connectivity index (χ0v) is 23.1. The van der Waals surface area contributed by atoms with Crippen molar-refractivity contribution >= 4 is 33.2 Å². The number of hydrogen-bond acceptors (Lipinski definition) is 4. The van der Waals surface area contributed by atoms with Crippen LogP contribution in [0.2, 0.25) is 0 Å². The lowest BCUT2D eigenvalue weighted by Gasteiger charge is -2.30. The molecule has 3 aromatic carbocycles. The molecule has 0 amide bonds.